The predicted molar refractivity (Wildman–Crippen MR) is 81.7 cm³/mol. The Bertz CT molecular complexity index is 632. The van der Waals surface area contributed by atoms with Crippen LogP contribution in [0.4, 0.5) is 4.79 Å². The van der Waals surface area contributed by atoms with Crippen molar-refractivity contribution in [3.8, 4) is 0 Å². The summed E-state index contributed by atoms with van der Waals surface area (Å²) in [5, 5.41) is 2.91. The molecule has 1 aromatic carbocycles. The van der Waals surface area contributed by atoms with Gasteiger partial charge in [0, 0.05) is 26.7 Å². The number of carbonyl (C=O) groups excluding carboxylic acids is 2. The summed E-state index contributed by atoms with van der Waals surface area (Å²) in [6.07, 6.45) is 0.586. The quantitative estimate of drug-likeness (QED) is 0.728. The summed E-state index contributed by atoms with van der Waals surface area (Å²) in [4.78, 5) is 26.8. The van der Waals surface area contributed by atoms with Gasteiger partial charge in [-0.1, -0.05) is 29.8 Å². The molecule has 1 aromatic rings. The number of hydrogen-bond donors (Lipinski definition) is 1. The first-order valence-electron chi connectivity index (χ1n) is 6.35. The van der Waals surface area contributed by atoms with Crippen LogP contribution in [0.5, 0.6) is 0 Å². The van der Waals surface area contributed by atoms with Gasteiger partial charge in [0.15, 0.2) is 0 Å². The van der Waals surface area contributed by atoms with Gasteiger partial charge in [-0.3, -0.25) is 9.69 Å². The van der Waals surface area contributed by atoms with Gasteiger partial charge in [0.05, 0.1) is 0 Å². The highest BCUT2D eigenvalue weighted by atomic mass is 79.9. The molecule has 0 bridgehead atoms. The van der Waals surface area contributed by atoms with E-state index in [1.807, 2.05) is 18.2 Å². The maximum atomic E-state index is 12.7. The molecule has 1 saturated heterocycles. The number of benzene rings is 1. The summed E-state index contributed by atoms with van der Waals surface area (Å²) in [6.45, 7) is 4.20. The normalized spacial score (nSPS) is 27.7. The third kappa shape index (κ3) is 1.89. The molecular formula is C14H15BrN2O2S. The lowest BCUT2D eigenvalue weighted by molar-refractivity contribution is -0.131. The second-order valence-electron chi connectivity index (χ2n) is 5.88. The van der Waals surface area contributed by atoms with Crippen LogP contribution in [0.1, 0.15) is 25.8 Å². The van der Waals surface area contributed by atoms with E-state index in [9.17, 15) is 9.59 Å². The van der Waals surface area contributed by atoms with Crippen LogP contribution in [0.15, 0.2) is 27.6 Å². The fourth-order valence-electron chi connectivity index (χ4n) is 2.99. The van der Waals surface area contributed by atoms with Crippen molar-refractivity contribution in [1.29, 1.82) is 0 Å². The lowest BCUT2D eigenvalue weighted by Gasteiger charge is -2.41. The van der Waals surface area contributed by atoms with Crippen molar-refractivity contribution in [3.05, 3.63) is 28.2 Å². The molecule has 0 saturated carbocycles. The number of carbonyl (C=O) groups is 2. The Kier molecular flexibility index (Phi) is 2.96. The van der Waals surface area contributed by atoms with Crippen LogP contribution in [0.2, 0.25) is 0 Å². The number of fused-ring (bicyclic) bond motifs is 2. The van der Waals surface area contributed by atoms with Gasteiger partial charge >= 0.3 is 6.03 Å². The minimum Gasteiger partial charge on any atom is -0.319 e. The van der Waals surface area contributed by atoms with Crippen LogP contribution in [0, 0.1) is 0 Å². The Morgan fingerprint density at radius 3 is 2.65 bits per heavy atom. The maximum Gasteiger partial charge on any atom is 0.325 e. The number of likely N-dealkylation sites (N-methyl/N-ethyl adjacent to an activating group) is 1. The number of amides is 3. The van der Waals surface area contributed by atoms with E-state index in [4.69, 9.17) is 0 Å². The number of thioether (sulfide) groups is 1. The number of hydrogen-bond acceptors (Lipinski definition) is 3. The molecule has 0 aromatic heterocycles. The van der Waals surface area contributed by atoms with E-state index in [2.05, 4.69) is 35.1 Å². The van der Waals surface area contributed by atoms with Crippen LogP contribution < -0.4 is 5.32 Å². The van der Waals surface area contributed by atoms with E-state index in [1.165, 1.54) is 11.9 Å². The average molecular weight is 355 g/mol. The number of urea groups is 1. The van der Waals surface area contributed by atoms with Crippen molar-refractivity contribution in [2.24, 2.45) is 0 Å². The van der Waals surface area contributed by atoms with Crippen molar-refractivity contribution in [2.45, 2.75) is 35.4 Å². The lowest BCUT2D eigenvalue weighted by Crippen LogP contribution is -2.50. The van der Waals surface area contributed by atoms with Crippen LogP contribution >= 0.6 is 27.7 Å². The molecule has 2 aliphatic rings. The summed E-state index contributed by atoms with van der Waals surface area (Å²) in [5.74, 6) is -0.171. The first-order chi connectivity index (χ1) is 9.25. The van der Waals surface area contributed by atoms with Gasteiger partial charge in [0.2, 0.25) is 0 Å². The predicted octanol–water partition coefficient (Wildman–Crippen LogP) is 3.10. The third-order valence-electron chi connectivity index (χ3n) is 3.77. The summed E-state index contributed by atoms with van der Waals surface area (Å²) in [5.41, 5.74) is -0.0430. The highest BCUT2D eigenvalue weighted by molar-refractivity contribution is 9.10. The largest absolute Gasteiger partial charge is 0.325 e. The van der Waals surface area contributed by atoms with Gasteiger partial charge in [-0.05, 0) is 24.6 Å². The van der Waals surface area contributed by atoms with Crippen LogP contribution in [0.3, 0.4) is 0 Å². The van der Waals surface area contributed by atoms with E-state index in [0.717, 1.165) is 14.9 Å². The second-order valence-corrected chi connectivity index (χ2v) is 8.54. The van der Waals surface area contributed by atoms with Crippen molar-refractivity contribution in [3.63, 3.8) is 0 Å². The Morgan fingerprint density at radius 1 is 1.35 bits per heavy atom. The molecule has 3 rings (SSSR count). The molecule has 0 aliphatic carbocycles. The fourth-order valence-corrected chi connectivity index (χ4v) is 4.72. The van der Waals surface area contributed by atoms with Crippen LogP contribution in [-0.4, -0.2) is 28.6 Å². The molecule has 3 amide bonds. The van der Waals surface area contributed by atoms with Crippen LogP contribution in [-0.2, 0) is 10.3 Å². The topological polar surface area (TPSA) is 49.4 Å². The number of imide groups is 1. The Labute approximate surface area is 130 Å². The van der Waals surface area contributed by atoms with Gasteiger partial charge in [0.1, 0.15) is 5.54 Å². The highest BCUT2D eigenvalue weighted by Gasteiger charge is 2.56. The molecule has 4 nitrogen and oxygen atoms in total. The Balaban J connectivity index is 2.24. The van der Waals surface area contributed by atoms with Crippen molar-refractivity contribution in [1.82, 2.24) is 10.2 Å². The maximum absolute atomic E-state index is 12.7. The fraction of sp³-hybridized carbons (Fsp3) is 0.429. The molecule has 1 unspecified atom stereocenters. The zero-order valence-electron chi connectivity index (χ0n) is 11.5. The monoisotopic (exact) mass is 354 g/mol. The Morgan fingerprint density at radius 2 is 2.05 bits per heavy atom. The van der Waals surface area contributed by atoms with E-state index < -0.39 is 5.54 Å². The molecule has 20 heavy (non-hydrogen) atoms. The van der Waals surface area contributed by atoms with Gasteiger partial charge in [-0.15, -0.1) is 11.8 Å². The van der Waals surface area contributed by atoms with Crippen molar-refractivity contribution in [2.75, 3.05) is 7.05 Å². The summed E-state index contributed by atoms with van der Waals surface area (Å²) >= 11 is 5.20. The second kappa shape index (κ2) is 4.24. The zero-order valence-corrected chi connectivity index (χ0v) is 13.9. The van der Waals surface area contributed by atoms with Crippen molar-refractivity contribution < 1.29 is 9.59 Å². The number of nitrogens with zero attached hydrogens (tertiary/aromatic N) is 1. The minimum absolute atomic E-state index is 0.116. The van der Waals surface area contributed by atoms with E-state index in [0.29, 0.717) is 6.42 Å². The van der Waals surface area contributed by atoms with Crippen LogP contribution in [0.25, 0.3) is 0 Å². The van der Waals surface area contributed by atoms with Gasteiger partial charge in [-0.2, -0.15) is 0 Å². The standard InChI is InChI=1S/C14H15BrN2O2S/c1-13(2)7-14(11(18)17(3)12(19)16-14)9-6-8(15)4-5-10(9)20-13/h4-6H,7H2,1-3H3,(H,16,19). The molecule has 1 fully saturated rings. The van der Waals surface area contributed by atoms with Gasteiger partial charge in [-0.25, -0.2) is 4.79 Å². The first-order valence-corrected chi connectivity index (χ1v) is 7.95. The molecule has 1 spiro atoms. The number of halogens is 1. The number of rotatable bonds is 0. The molecule has 6 heteroatoms. The minimum atomic E-state index is -0.931. The number of nitrogens with one attached hydrogen (secondary N) is 1. The SMILES string of the molecule is CN1C(=O)NC2(CC(C)(C)Sc3ccc(Br)cc32)C1=O. The zero-order chi connectivity index (χ0) is 14.7. The molecule has 2 aliphatic heterocycles. The summed E-state index contributed by atoms with van der Waals surface area (Å²) < 4.78 is 0.794. The molecule has 2 heterocycles. The summed E-state index contributed by atoms with van der Waals surface area (Å²) in [7, 11) is 1.53. The molecular weight excluding hydrogens is 340 g/mol. The Hall–Kier alpha value is -1.01. The molecule has 1 N–H and O–H groups in total. The highest BCUT2D eigenvalue weighted by Crippen LogP contribution is 2.52. The lowest BCUT2D eigenvalue weighted by atomic mass is 9.81. The van der Waals surface area contributed by atoms with Crippen molar-refractivity contribution >= 4 is 39.6 Å². The third-order valence-corrected chi connectivity index (χ3v) is 5.54. The molecule has 0 radical (unpaired) electrons. The molecule has 1 atom stereocenters. The van der Waals surface area contributed by atoms with E-state index in [1.54, 1.807) is 11.8 Å². The smallest absolute Gasteiger partial charge is 0.319 e. The van der Waals surface area contributed by atoms with E-state index >= 15 is 0 Å². The average Bonchev–Trinajstić information content (AvgIpc) is 2.55. The van der Waals surface area contributed by atoms with E-state index in [-0.39, 0.29) is 16.7 Å². The van der Waals surface area contributed by atoms with Gasteiger partial charge in [0.25, 0.3) is 5.91 Å². The molecule has 106 valence electrons. The first kappa shape index (κ1) is 13.9. The van der Waals surface area contributed by atoms with Gasteiger partial charge < -0.3 is 5.32 Å². The summed E-state index contributed by atoms with van der Waals surface area (Å²) in [6, 6.07) is 5.58.